The molecule has 0 saturated heterocycles. The van der Waals surface area contributed by atoms with Gasteiger partial charge in [-0.3, -0.25) is 0 Å². The Labute approximate surface area is 361 Å². The first-order valence-electron chi connectivity index (χ1n) is 23.0. The average molecular weight is 908 g/mol. The zero-order valence-electron chi connectivity index (χ0n) is 37.0. The zero-order chi connectivity index (χ0) is 41.1. The third kappa shape index (κ3) is 7.98. The molecule has 0 bridgehead atoms. The fourth-order valence-electron chi connectivity index (χ4n) is 12.6. The summed E-state index contributed by atoms with van der Waals surface area (Å²) >= 11 is -5.09. The van der Waals surface area contributed by atoms with Gasteiger partial charge in [0.05, 0.1) is 0 Å². The summed E-state index contributed by atoms with van der Waals surface area (Å²) in [5, 5.41) is 0. The van der Waals surface area contributed by atoms with Crippen LogP contribution in [-0.2, 0) is 15.6 Å². The minimum atomic E-state index is -5.09. The third-order valence-corrected chi connectivity index (χ3v) is 67.3. The Kier molecular flexibility index (Phi) is 12.1. The predicted octanol–water partition coefficient (Wildman–Crippen LogP) is 17.3. The van der Waals surface area contributed by atoms with E-state index in [1.807, 2.05) is 0 Å². The second-order valence-corrected chi connectivity index (χ2v) is 63.4. The first-order valence-corrected chi connectivity index (χ1v) is 39.3. The van der Waals surface area contributed by atoms with E-state index in [-0.39, 0.29) is 18.1 Å². The van der Waals surface area contributed by atoms with Crippen LogP contribution in [0.4, 0.5) is 0 Å². The van der Waals surface area contributed by atoms with Crippen molar-refractivity contribution in [2.24, 2.45) is 10.8 Å². The molecule has 8 rings (SSSR count). The molecule has 0 N–H and O–H groups in total. The SMILES string of the molecule is Cc1cc(C)cc(-c2cccc3c2C=C(CC2(C)CCCCCC2)[CH]3[Zr]([Cl])([Cl])([CH]2C(CC3(C)CCCCCC3)=Cc3c(-c4cc(C)cc(C)c4)cccc32)[SiH](C)C)c1. The normalized spacial score (nSPS) is 22.3. The van der Waals surface area contributed by atoms with Gasteiger partial charge in [-0.1, -0.05) is 0 Å². The van der Waals surface area contributed by atoms with Crippen LogP contribution in [-0.4, -0.2) is 5.92 Å². The number of rotatable bonds is 9. The van der Waals surface area contributed by atoms with Gasteiger partial charge in [0.2, 0.25) is 0 Å². The van der Waals surface area contributed by atoms with Crippen LogP contribution < -0.4 is 0 Å². The summed E-state index contributed by atoms with van der Waals surface area (Å²) in [7, 11) is 18.5. The number of allylic oxidation sites excluding steroid dienone is 2. The second kappa shape index (κ2) is 16.4. The van der Waals surface area contributed by atoms with Crippen molar-refractivity contribution in [3.63, 3.8) is 0 Å². The predicted molar refractivity (Wildman–Crippen MR) is 256 cm³/mol. The molecule has 4 aliphatic carbocycles. The molecule has 0 amide bonds. The molecule has 2 atom stereocenters. The van der Waals surface area contributed by atoms with Crippen LogP contribution in [0.5, 0.6) is 0 Å². The fraction of sp³-hybridized carbons (Fsp3) is 0.481. The first-order chi connectivity index (χ1) is 27.6. The summed E-state index contributed by atoms with van der Waals surface area (Å²) in [5.41, 5.74) is 19.9. The molecule has 0 radical (unpaired) electrons. The van der Waals surface area contributed by atoms with Crippen LogP contribution in [0.2, 0.25) is 13.1 Å². The van der Waals surface area contributed by atoms with Gasteiger partial charge in [0.1, 0.15) is 0 Å². The molecule has 4 aromatic carbocycles. The van der Waals surface area contributed by atoms with Crippen molar-refractivity contribution in [2.45, 2.75) is 152 Å². The van der Waals surface area contributed by atoms with Crippen LogP contribution >= 0.6 is 17.0 Å². The van der Waals surface area contributed by atoms with E-state index in [0.717, 1.165) is 12.8 Å². The quantitative estimate of drug-likeness (QED) is 0.116. The molecule has 0 spiro atoms. The molecule has 4 aromatic rings. The molecule has 0 aromatic heterocycles. The van der Waals surface area contributed by atoms with Gasteiger partial charge in [-0.2, -0.15) is 0 Å². The van der Waals surface area contributed by atoms with Crippen molar-refractivity contribution in [1.29, 1.82) is 0 Å². The van der Waals surface area contributed by atoms with E-state index < -0.39 is 21.5 Å². The minimum absolute atomic E-state index is 0.100. The molecule has 4 aliphatic rings. The van der Waals surface area contributed by atoms with Crippen LogP contribution in [0.15, 0.2) is 83.9 Å². The average Bonchev–Trinajstić information content (AvgIpc) is 3.54. The van der Waals surface area contributed by atoms with E-state index in [0.29, 0.717) is 0 Å². The van der Waals surface area contributed by atoms with E-state index in [1.165, 1.54) is 144 Å². The molecule has 4 heteroatoms. The van der Waals surface area contributed by atoms with E-state index in [9.17, 15) is 17.0 Å². The monoisotopic (exact) mass is 905 g/mol. The van der Waals surface area contributed by atoms with Crippen molar-refractivity contribution in [2.75, 3.05) is 0 Å². The summed E-state index contributed by atoms with van der Waals surface area (Å²) in [4.78, 5) is 0. The van der Waals surface area contributed by atoms with Gasteiger partial charge in [0, 0.05) is 0 Å². The number of hydrogen-bond acceptors (Lipinski definition) is 0. The Morgan fingerprint density at radius 3 is 1.21 bits per heavy atom. The zero-order valence-corrected chi connectivity index (χ0v) is 42.1. The summed E-state index contributed by atoms with van der Waals surface area (Å²) in [6.07, 6.45) is 23.4. The van der Waals surface area contributed by atoms with Gasteiger partial charge in [0.15, 0.2) is 0 Å². The number of fused-ring (bicyclic) bond motifs is 2. The van der Waals surface area contributed by atoms with Gasteiger partial charge < -0.3 is 0 Å². The van der Waals surface area contributed by atoms with E-state index in [2.05, 4.69) is 140 Å². The Morgan fingerprint density at radius 1 is 0.534 bits per heavy atom. The second-order valence-electron chi connectivity index (χ2n) is 20.9. The van der Waals surface area contributed by atoms with Gasteiger partial charge in [0.25, 0.3) is 0 Å². The molecule has 0 heterocycles. The van der Waals surface area contributed by atoms with Crippen molar-refractivity contribution in [3.8, 4) is 22.3 Å². The fourth-order valence-corrected chi connectivity index (χ4v) is 43.9. The Bertz CT molecular complexity index is 2070. The van der Waals surface area contributed by atoms with Crippen LogP contribution in [0.1, 0.15) is 155 Å². The van der Waals surface area contributed by atoms with Gasteiger partial charge in [-0.25, -0.2) is 0 Å². The van der Waals surface area contributed by atoms with Crippen LogP contribution in [0.25, 0.3) is 34.4 Å². The molecular formula is C54H69Cl2SiZr. The molecule has 2 unspecified atom stereocenters. The molecule has 2 fully saturated rings. The summed E-state index contributed by atoms with van der Waals surface area (Å²) < 4.78 is 0.201. The molecule has 307 valence electrons. The standard InChI is InChI=1S/2C26H31.C2H7Si.2ClH.Zr/c2*1-19-13-20(2)15-23(14-19)24-10-8-9-22-16-21(17-25(22)24)18-26(3)11-6-4-5-7-12-26;1-3-2;;;/h2*8-10,13-17H,4-7,11-12,18H2,1-3H3;3H,1-2H3;2*1H;/q;;;;;+2/p-2. The van der Waals surface area contributed by atoms with E-state index in [1.54, 1.807) is 11.1 Å². The molecule has 58 heavy (non-hydrogen) atoms. The number of halogens is 2. The number of hydrogen-bond donors (Lipinski definition) is 0. The van der Waals surface area contributed by atoms with Crippen molar-refractivity contribution in [3.05, 3.63) is 128 Å². The van der Waals surface area contributed by atoms with Gasteiger partial charge in [-0.05, 0) is 0 Å². The summed E-state index contributed by atoms with van der Waals surface area (Å²) in [5.74, 6) is -1.74. The van der Waals surface area contributed by atoms with Gasteiger partial charge >= 0.3 is 364 Å². The third-order valence-electron chi connectivity index (χ3n) is 15.5. The van der Waals surface area contributed by atoms with Crippen LogP contribution in [0, 0.1) is 38.5 Å². The number of benzene rings is 4. The van der Waals surface area contributed by atoms with E-state index >= 15 is 0 Å². The summed E-state index contributed by atoms with van der Waals surface area (Å²) in [6.45, 7) is 19.3. The van der Waals surface area contributed by atoms with E-state index in [4.69, 9.17) is 0 Å². The molecule has 0 nitrogen and oxygen atoms in total. The summed E-state index contributed by atoms with van der Waals surface area (Å²) in [6, 6.07) is 28.5. The topological polar surface area (TPSA) is 0 Å². The Morgan fingerprint density at radius 2 is 0.879 bits per heavy atom. The maximum atomic E-state index is 9.23. The van der Waals surface area contributed by atoms with Crippen molar-refractivity contribution < 1.29 is 15.6 Å². The van der Waals surface area contributed by atoms with Crippen molar-refractivity contribution in [1.82, 2.24) is 0 Å². The first kappa shape index (κ1) is 42.7. The number of aryl methyl sites for hydroxylation is 4. The molecule has 2 saturated carbocycles. The Balaban J connectivity index is 1.37. The van der Waals surface area contributed by atoms with Crippen molar-refractivity contribution >= 4 is 35.1 Å². The molecule has 0 aliphatic heterocycles. The molecular weight excluding hydrogens is 839 g/mol. The van der Waals surface area contributed by atoms with Gasteiger partial charge in [-0.15, -0.1) is 0 Å². The maximum absolute atomic E-state index is 9.23. The Hall–Kier alpha value is -1.96. The van der Waals surface area contributed by atoms with Crippen LogP contribution in [0.3, 0.4) is 0 Å².